The van der Waals surface area contributed by atoms with Gasteiger partial charge in [-0.1, -0.05) is 30.3 Å². The second kappa shape index (κ2) is 9.69. The number of carbonyl (C=O) groups is 1. The van der Waals surface area contributed by atoms with Gasteiger partial charge in [0.15, 0.2) is 0 Å². The van der Waals surface area contributed by atoms with Crippen LogP contribution in [0.2, 0.25) is 0 Å². The fourth-order valence-corrected chi connectivity index (χ4v) is 4.74. The van der Waals surface area contributed by atoms with Gasteiger partial charge in [-0.25, -0.2) is 4.98 Å². The Balaban J connectivity index is 1.29. The van der Waals surface area contributed by atoms with Gasteiger partial charge in [-0.3, -0.25) is 14.3 Å². The molecule has 34 heavy (non-hydrogen) atoms. The number of ether oxygens (including phenoxy) is 1. The predicted octanol–water partition coefficient (Wildman–Crippen LogP) is 4.69. The molecule has 0 saturated carbocycles. The second-order valence-corrected chi connectivity index (χ2v) is 8.80. The summed E-state index contributed by atoms with van der Waals surface area (Å²) in [6.45, 7) is 6.23. The quantitative estimate of drug-likeness (QED) is 0.439. The lowest BCUT2D eigenvalue weighted by atomic mass is 10.1. The van der Waals surface area contributed by atoms with E-state index in [0.717, 1.165) is 67.4 Å². The zero-order valence-electron chi connectivity index (χ0n) is 19.8. The highest BCUT2D eigenvalue weighted by Gasteiger charge is 2.21. The number of para-hydroxylation sites is 1. The van der Waals surface area contributed by atoms with Gasteiger partial charge in [0.1, 0.15) is 11.6 Å². The number of hydrogen-bond acceptors (Lipinski definition) is 4. The van der Waals surface area contributed by atoms with Crippen molar-refractivity contribution in [3.8, 4) is 11.4 Å². The van der Waals surface area contributed by atoms with Gasteiger partial charge >= 0.3 is 0 Å². The minimum Gasteiger partial charge on any atom is -0.497 e. The summed E-state index contributed by atoms with van der Waals surface area (Å²) in [5.41, 5.74) is 4.90. The molecular formula is C28H30N4O2. The van der Waals surface area contributed by atoms with Crippen LogP contribution in [0.1, 0.15) is 28.2 Å². The summed E-state index contributed by atoms with van der Waals surface area (Å²) in [4.78, 5) is 22.5. The van der Waals surface area contributed by atoms with Gasteiger partial charge in [0.05, 0.1) is 18.1 Å². The van der Waals surface area contributed by atoms with Gasteiger partial charge in [0.2, 0.25) is 0 Å². The largest absolute Gasteiger partial charge is 0.497 e. The highest BCUT2D eigenvalue weighted by molar-refractivity contribution is 5.97. The Bertz CT molecular complexity index is 1280. The number of hydrogen-bond donors (Lipinski definition) is 0. The Hall–Kier alpha value is -3.64. The third kappa shape index (κ3) is 4.54. The normalized spacial score (nSPS) is 14.8. The molecule has 3 aromatic carbocycles. The van der Waals surface area contributed by atoms with E-state index in [4.69, 9.17) is 9.72 Å². The van der Waals surface area contributed by atoms with Crippen LogP contribution >= 0.6 is 0 Å². The summed E-state index contributed by atoms with van der Waals surface area (Å²) in [6, 6.07) is 24.3. The third-order valence-corrected chi connectivity index (χ3v) is 6.52. The Kier molecular flexibility index (Phi) is 6.32. The number of amides is 1. The lowest BCUT2D eigenvalue weighted by Gasteiger charge is -2.22. The maximum atomic E-state index is 13.4. The molecule has 0 radical (unpaired) electrons. The van der Waals surface area contributed by atoms with Crippen LogP contribution in [0, 0.1) is 6.92 Å². The molecule has 6 heteroatoms. The molecule has 174 valence electrons. The Morgan fingerprint density at radius 2 is 1.74 bits per heavy atom. The number of methoxy groups -OCH3 is 1. The van der Waals surface area contributed by atoms with E-state index in [1.165, 1.54) is 5.56 Å². The molecule has 1 saturated heterocycles. The molecule has 4 aromatic rings. The summed E-state index contributed by atoms with van der Waals surface area (Å²) in [5.74, 6) is 1.87. The minimum absolute atomic E-state index is 0.0834. The Morgan fingerprint density at radius 1 is 0.941 bits per heavy atom. The van der Waals surface area contributed by atoms with Crippen LogP contribution in [0.4, 0.5) is 0 Å². The average molecular weight is 455 g/mol. The van der Waals surface area contributed by atoms with Gasteiger partial charge in [-0.05, 0) is 61.4 Å². The molecule has 0 aliphatic carbocycles. The molecule has 2 heterocycles. The van der Waals surface area contributed by atoms with E-state index in [1.54, 1.807) is 7.11 Å². The fourth-order valence-electron chi connectivity index (χ4n) is 4.74. The minimum atomic E-state index is 0.0834. The first kappa shape index (κ1) is 22.2. The van der Waals surface area contributed by atoms with Crippen LogP contribution in [0.3, 0.4) is 0 Å². The second-order valence-electron chi connectivity index (χ2n) is 8.80. The fraction of sp³-hybridized carbons (Fsp3) is 0.286. The highest BCUT2D eigenvalue weighted by atomic mass is 16.5. The zero-order chi connectivity index (χ0) is 23.5. The van der Waals surface area contributed by atoms with Gasteiger partial charge in [0.25, 0.3) is 5.91 Å². The number of benzene rings is 3. The Morgan fingerprint density at radius 3 is 2.50 bits per heavy atom. The van der Waals surface area contributed by atoms with Crippen molar-refractivity contribution >= 4 is 16.9 Å². The summed E-state index contributed by atoms with van der Waals surface area (Å²) in [7, 11) is 1.68. The molecule has 6 nitrogen and oxygen atoms in total. The molecule has 1 aliphatic rings. The smallest absolute Gasteiger partial charge is 0.253 e. The van der Waals surface area contributed by atoms with Gasteiger partial charge in [-0.2, -0.15) is 0 Å². The molecule has 1 aromatic heterocycles. The number of aryl methyl sites for hydroxylation is 1. The van der Waals surface area contributed by atoms with E-state index in [9.17, 15) is 4.79 Å². The number of imidazole rings is 1. The van der Waals surface area contributed by atoms with E-state index in [-0.39, 0.29) is 5.91 Å². The summed E-state index contributed by atoms with van der Waals surface area (Å²) in [6.07, 6.45) is 0.964. The first-order valence-electron chi connectivity index (χ1n) is 11.8. The molecular weight excluding hydrogens is 424 g/mol. The van der Waals surface area contributed by atoms with Gasteiger partial charge < -0.3 is 9.64 Å². The van der Waals surface area contributed by atoms with Crippen molar-refractivity contribution in [2.24, 2.45) is 0 Å². The molecule has 5 rings (SSSR count). The lowest BCUT2D eigenvalue weighted by molar-refractivity contribution is 0.0761. The predicted molar refractivity (Wildman–Crippen MR) is 135 cm³/mol. The van der Waals surface area contributed by atoms with Gasteiger partial charge in [-0.15, -0.1) is 0 Å². The molecule has 0 N–H and O–H groups in total. The van der Waals surface area contributed by atoms with E-state index in [2.05, 4.69) is 33.7 Å². The topological polar surface area (TPSA) is 50.6 Å². The molecule has 0 atom stereocenters. The number of carbonyl (C=O) groups excluding carboxylic acids is 1. The van der Waals surface area contributed by atoms with E-state index < -0.39 is 0 Å². The molecule has 1 aliphatic heterocycles. The maximum absolute atomic E-state index is 13.4. The van der Waals surface area contributed by atoms with Crippen LogP contribution < -0.4 is 4.74 Å². The summed E-state index contributed by atoms with van der Waals surface area (Å²) < 4.78 is 7.39. The van der Waals surface area contributed by atoms with Gasteiger partial charge in [0, 0.05) is 44.0 Å². The van der Waals surface area contributed by atoms with E-state index in [0.29, 0.717) is 5.56 Å². The van der Waals surface area contributed by atoms with Crippen LogP contribution in [-0.2, 0) is 6.54 Å². The summed E-state index contributed by atoms with van der Waals surface area (Å²) >= 11 is 0. The average Bonchev–Trinajstić information content (AvgIpc) is 3.03. The van der Waals surface area contributed by atoms with Crippen LogP contribution in [0.25, 0.3) is 16.7 Å². The van der Waals surface area contributed by atoms with Crippen molar-refractivity contribution in [3.63, 3.8) is 0 Å². The first-order chi connectivity index (χ1) is 16.6. The number of fused-ring (bicyclic) bond motifs is 1. The highest BCUT2D eigenvalue weighted by Crippen LogP contribution is 2.23. The number of aromatic nitrogens is 2. The zero-order valence-corrected chi connectivity index (χ0v) is 19.8. The summed E-state index contributed by atoms with van der Waals surface area (Å²) in [5, 5.41) is 0. The van der Waals surface area contributed by atoms with Crippen molar-refractivity contribution in [3.05, 3.63) is 89.7 Å². The standard InChI is InChI=1S/C28H30N4O2/c1-21-29-26-19-23(11-14-27(26)32(21)24-7-4-3-5-8-24)28(33)31-16-6-15-30(17-18-31)20-22-9-12-25(34-2)13-10-22/h3-5,7-14,19H,6,15-18,20H2,1-2H3. The molecule has 1 fully saturated rings. The lowest BCUT2D eigenvalue weighted by Crippen LogP contribution is -2.35. The molecule has 1 amide bonds. The van der Waals surface area contributed by atoms with Crippen LogP contribution in [-0.4, -0.2) is 58.5 Å². The van der Waals surface area contributed by atoms with Crippen LogP contribution in [0.5, 0.6) is 5.75 Å². The number of nitrogens with zero attached hydrogens (tertiary/aromatic N) is 4. The monoisotopic (exact) mass is 454 g/mol. The van der Waals surface area contributed by atoms with Crippen molar-refractivity contribution < 1.29 is 9.53 Å². The van der Waals surface area contributed by atoms with Crippen LogP contribution in [0.15, 0.2) is 72.8 Å². The van der Waals surface area contributed by atoms with Crippen molar-refractivity contribution in [2.75, 3.05) is 33.3 Å². The molecule has 0 bridgehead atoms. The van der Waals surface area contributed by atoms with Crippen molar-refractivity contribution in [1.82, 2.24) is 19.4 Å². The number of rotatable bonds is 5. The van der Waals surface area contributed by atoms with Crippen molar-refractivity contribution in [2.45, 2.75) is 19.9 Å². The maximum Gasteiger partial charge on any atom is 0.253 e. The molecule has 0 unspecified atom stereocenters. The third-order valence-electron chi connectivity index (χ3n) is 6.52. The SMILES string of the molecule is COc1ccc(CN2CCCN(C(=O)c3ccc4c(c3)nc(C)n4-c3ccccc3)CC2)cc1. The van der Waals surface area contributed by atoms with E-state index in [1.807, 2.05) is 60.4 Å². The van der Waals surface area contributed by atoms with Crippen molar-refractivity contribution in [1.29, 1.82) is 0 Å². The molecule has 0 spiro atoms. The Labute approximate surface area is 200 Å². The first-order valence-corrected chi connectivity index (χ1v) is 11.8. The van der Waals surface area contributed by atoms with E-state index >= 15 is 0 Å².